The molecule has 89 valence electrons. The maximum Gasteiger partial charge on any atom is 0.123 e. The Morgan fingerprint density at radius 2 is 1.94 bits per heavy atom. The number of rotatable bonds is 3. The predicted molar refractivity (Wildman–Crippen MR) is 68.7 cm³/mol. The third kappa shape index (κ3) is 2.12. The summed E-state index contributed by atoms with van der Waals surface area (Å²) in [4.78, 5) is 0. The standard InChI is InChI=1S/C15H12FN2/c16-12-8-5-11(6-9-12)7-10-15-13-3-1-2-4-14(13)17-18-15/h2-6,8-9H,7,10H2,(H,17,18). The topological polar surface area (TPSA) is 28.7 Å². The van der Waals surface area contributed by atoms with Crippen LogP contribution in [0.5, 0.6) is 0 Å². The summed E-state index contributed by atoms with van der Waals surface area (Å²) in [6.45, 7) is 0. The average Bonchev–Trinajstić information content (AvgIpc) is 2.82. The first-order chi connectivity index (χ1) is 8.83. The molecular formula is C15H12FN2. The molecule has 0 fully saturated rings. The molecule has 3 heteroatoms. The van der Waals surface area contributed by atoms with E-state index >= 15 is 0 Å². The van der Waals surface area contributed by atoms with Crippen molar-refractivity contribution in [1.82, 2.24) is 10.2 Å². The highest BCUT2D eigenvalue weighted by atomic mass is 19.1. The molecule has 3 rings (SSSR count). The SMILES string of the molecule is Fc1ccc(CCc2n[nH]c3cc[c]cc23)cc1. The van der Waals surface area contributed by atoms with E-state index in [2.05, 4.69) is 16.3 Å². The van der Waals surface area contributed by atoms with Crippen LogP contribution in [0.4, 0.5) is 4.39 Å². The lowest BCUT2D eigenvalue weighted by Gasteiger charge is -1.99. The van der Waals surface area contributed by atoms with Gasteiger partial charge in [0.2, 0.25) is 0 Å². The summed E-state index contributed by atoms with van der Waals surface area (Å²) >= 11 is 0. The predicted octanol–water partition coefficient (Wildman–Crippen LogP) is 3.29. The van der Waals surface area contributed by atoms with Crippen molar-refractivity contribution in [1.29, 1.82) is 0 Å². The van der Waals surface area contributed by atoms with Crippen LogP contribution in [0.15, 0.2) is 42.5 Å². The fourth-order valence-electron chi connectivity index (χ4n) is 2.06. The molecule has 0 atom stereocenters. The minimum absolute atomic E-state index is 0.196. The van der Waals surface area contributed by atoms with Crippen molar-refractivity contribution in [2.45, 2.75) is 12.8 Å². The van der Waals surface area contributed by atoms with E-state index in [9.17, 15) is 4.39 Å². The van der Waals surface area contributed by atoms with E-state index in [0.29, 0.717) is 0 Å². The molecule has 18 heavy (non-hydrogen) atoms. The van der Waals surface area contributed by atoms with Crippen LogP contribution in [-0.2, 0) is 12.8 Å². The lowest BCUT2D eigenvalue weighted by atomic mass is 10.1. The third-order valence-electron chi connectivity index (χ3n) is 3.05. The van der Waals surface area contributed by atoms with E-state index in [1.807, 2.05) is 30.3 Å². The number of nitrogens with zero attached hydrogens (tertiary/aromatic N) is 1. The molecule has 2 aromatic carbocycles. The van der Waals surface area contributed by atoms with Gasteiger partial charge >= 0.3 is 0 Å². The molecular weight excluding hydrogens is 227 g/mol. The van der Waals surface area contributed by atoms with Crippen LogP contribution in [0.3, 0.4) is 0 Å². The molecule has 3 aromatic rings. The molecule has 0 aliphatic carbocycles. The van der Waals surface area contributed by atoms with Crippen LogP contribution < -0.4 is 0 Å². The van der Waals surface area contributed by atoms with Gasteiger partial charge < -0.3 is 0 Å². The molecule has 2 nitrogen and oxygen atoms in total. The molecule has 0 unspecified atom stereocenters. The minimum Gasteiger partial charge on any atom is -0.278 e. The fraction of sp³-hybridized carbons (Fsp3) is 0.133. The quantitative estimate of drug-likeness (QED) is 0.746. The van der Waals surface area contributed by atoms with Gasteiger partial charge in [-0.25, -0.2) is 4.39 Å². The monoisotopic (exact) mass is 239 g/mol. The number of aromatic amines is 1. The maximum absolute atomic E-state index is 12.8. The van der Waals surface area contributed by atoms with Crippen molar-refractivity contribution in [2.75, 3.05) is 0 Å². The molecule has 0 spiro atoms. The second kappa shape index (κ2) is 4.61. The highest BCUT2D eigenvalue weighted by Gasteiger charge is 2.05. The summed E-state index contributed by atoms with van der Waals surface area (Å²) in [5, 5.41) is 8.42. The van der Waals surface area contributed by atoms with E-state index in [0.717, 1.165) is 35.0 Å². The highest BCUT2D eigenvalue weighted by molar-refractivity contribution is 5.80. The Balaban J connectivity index is 1.79. The van der Waals surface area contributed by atoms with Gasteiger partial charge in [-0.05, 0) is 48.7 Å². The van der Waals surface area contributed by atoms with Crippen molar-refractivity contribution < 1.29 is 4.39 Å². The van der Waals surface area contributed by atoms with Crippen LogP contribution in [-0.4, -0.2) is 10.2 Å². The zero-order valence-electron chi connectivity index (χ0n) is 9.78. The largest absolute Gasteiger partial charge is 0.278 e. The van der Waals surface area contributed by atoms with Gasteiger partial charge in [0.25, 0.3) is 0 Å². The number of benzene rings is 2. The van der Waals surface area contributed by atoms with Crippen molar-refractivity contribution in [3.8, 4) is 0 Å². The van der Waals surface area contributed by atoms with Gasteiger partial charge in [0.05, 0.1) is 11.2 Å². The van der Waals surface area contributed by atoms with E-state index in [1.165, 1.54) is 12.1 Å². The van der Waals surface area contributed by atoms with Crippen molar-refractivity contribution in [3.05, 3.63) is 65.6 Å². The number of H-pyrrole nitrogens is 1. The van der Waals surface area contributed by atoms with Crippen LogP contribution in [0, 0.1) is 11.9 Å². The molecule has 0 aliphatic heterocycles. The van der Waals surface area contributed by atoms with Crippen molar-refractivity contribution in [3.63, 3.8) is 0 Å². The molecule has 1 N–H and O–H groups in total. The Hall–Kier alpha value is -2.16. The lowest BCUT2D eigenvalue weighted by Crippen LogP contribution is -1.92. The Bertz CT molecular complexity index is 656. The van der Waals surface area contributed by atoms with Crippen LogP contribution in [0.1, 0.15) is 11.3 Å². The molecule has 0 amide bonds. The molecule has 1 aromatic heterocycles. The fourth-order valence-corrected chi connectivity index (χ4v) is 2.06. The summed E-state index contributed by atoms with van der Waals surface area (Å²) in [6, 6.07) is 15.4. The first-order valence-electron chi connectivity index (χ1n) is 5.90. The van der Waals surface area contributed by atoms with E-state index in [1.54, 1.807) is 0 Å². The van der Waals surface area contributed by atoms with E-state index in [-0.39, 0.29) is 5.82 Å². The number of nitrogens with one attached hydrogen (secondary N) is 1. The number of aryl methyl sites for hydroxylation is 2. The van der Waals surface area contributed by atoms with Crippen LogP contribution in [0.2, 0.25) is 0 Å². The number of halogens is 1. The molecule has 0 aliphatic rings. The maximum atomic E-state index is 12.8. The van der Waals surface area contributed by atoms with Gasteiger partial charge in [0.15, 0.2) is 0 Å². The Morgan fingerprint density at radius 3 is 2.78 bits per heavy atom. The van der Waals surface area contributed by atoms with Crippen molar-refractivity contribution >= 4 is 10.9 Å². The second-order valence-electron chi connectivity index (χ2n) is 4.27. The molecule has 1 radical (unpaired) electrons. The Labute approximate surface area is 104 Å². The smallest absolute Gasteiger partial charge is 0.123 e. The van der Waals surface area contributed by atoms with Gasteiger partial charge in [-0.15, -0.1) is 0 Å². The van der Waals surface area contributed by atoms with Gasteiger partial charge in [-0.2, -0.15) is 5.10 Å². The summed E-state index contributed by atoms with van der Waals surface area (Å²) in [5.74, 6) is -0.196. The van der Waals surface area contributed by atoms with E-state index in [4.69, 9.17) is 0 Å². The first-order valence-corrected chi connectivity index (χ1v) is 5.90. The molecule has 0 saturated carbocycles. The summed E-state index contributed by atoms with van der Waals surface area (Å²) in [5.41, 5.74) is 3.18. The summed E-state index contributed by atoms with van der Waals surface area (Å²) in [6.07, 6.45) is 1.69. The van der Waals surface area contributed by atoms with Crippen LogP contribution >= 0.6 is 0 Å². The lowest BCUT2D eigenvalue weighted by molar-refractivity contribution is 0.627. The number of aromatic nitrogens is 2. The Morgan fingerprint density at radius 1 is 1.11 bits per heavy atom. The van der Waals surface area contributed by atoms with Crippen LogP contribution in [0.25, 0.3) is 10.9 Å². The van der Waals surface area contributed by atoms with Crippen molar-refractivity contribution in [2.24, 2.45) is 0 Å². The number of hydrogen-bond donors (Lipinski definition) is 1. The first kappa shape index (κ1) is 11.0. The minimum atomic E-state index is -0.196. The van der Waals surface area contributed by atoms with Gasteiger partial charge in [-0.1, -0.05) is 18.2 Å². The van der Waals surface area contributed by atoms with E-state index < -0.39 is 0 Å². The number of fused-ring (bicyclic) bond motifs is 1. The summed E-state index contributed by atoms with van der Waals surface area (Å²) in [7, 11) is 0. The third-order valence-corrected chi connectivity index (χ3v) is 3.05. The highest BCUT2D eigenvalue weighted by Crippen LogP contribution is 2.16. The molecule has 1 heterocycles. The molecule has 0 saturated heterocycles. The average molecular weight is 239 g/mol. The zero-order valence-corrected chi connectivity index (χ0v) is 9.78. The molecule has 0 bridgehead atoms. The number of hydrogen-bond acceptors (Lipinski definition) is 1. The second-order valence-corrected chi connectivity index (χ2v) is 4.27. The van der Waals surface area contributed by atoms with Gasteiger partial charge in [0, 0.05) is 5.39 Å². The zero-order chi connectivity index (χ0) is 12.4. The van der Waals surface area contributed by atoms with Gasteiger partial charge in [-0.3, -0.25) is 5.10 Å². The van der Waals surface area contributed by atoms with Gasteiger partial charge in [0.1, 0.15) is 5.82 Å². The Kier molecular flexibility index (Phi) is 2.81. The summed E-state index contributed by atoms with van der Waals surface area (Å²) < 4.78 is 12.8. The normalized spacial score (nSPS) is 10.9.